The first-order valence-electron chi connectivity index (χ1n) is 3.14. The molecule has 0 heterocycles. The van der Waals surface area contributed by atoms with Crippen LogP contribution in [0.5, 0.6) is 0 Å². The summed E-state index contributed by atoms with van der Waals surface area (Å²) < 4.78 is 4.89. The first-order valence-corrected chi connectivity index (χ1v) is 3.77. The van der Waals surface area contributed by atoms with E-state index in [1.54, 1.807) is 7.11 Å². The molecule has 0 unspecified atom stereocenters. The fourth-order valence-corrected chi connectivity index (χ4v) is 0.864. The molecule has 0 rings (SSSR count). The first kappa shape index (κ1) is 9.27. The van der Waals surface area contributed by atoms with Gasteiger partial charge in [-0.15, -0.1) is 0 Å². The van der Waals surface area contributed by atoms with Gasteiger partial charge in [0.05, 0.1) is 0 Å². The minimum atomic E-state index is 0.516. The Kier molecular flexibility index (Phi) is 6.58. The van der Waals surface area contributed by atoms with Crippen LogP contribution in [-0.4, -0.2) is 25.6 Å². The predicted octanol–water partition coefficient (Wildman–Crippen LogP) is 0.888. The van der Waals surface area contributed by atoms with Crippen LogP contribution in [0.4, 0.5) is 0 Å². The van der Waals surface area contributed by atoms with Gasteiger partial charge in [0.25, 0.3) is 0 Å². The van der Waals surface area contributed by atoms with Gasteiger partial charge in [0.2, 0.25) is 0 Å². The Labute approximate surface area is 62.4 Å². The van der Waals surface area contributed by atoms with Crippen molar-refractivity contribution in [1.29, 1.82) is 0 Å². The lowest BCUT2D eigenvalue weighted by Crippen LogP contribution is -2.25. The maximum atomic E-state index is 4.89. The van der Waals surface area contributed by atoms with Crippen molar-refractivity contribution >= 4 is 12.6 Å². The molecule has 0 aliphatic heterocycles. The van der Waals surface area contributed by atoms with Gasteiger partial charge in [-0.2, -0.15) is 12.6 Å². The average molecular weight is 149 g/mol. The van der Waals surface area contributed by atoms with E-state index in [1.807, 2.05) is 0 Å². The molecule has 0 amide bonds. The summed E-state index contributed by atoms with van der Waals surface area (Å²) in [6.07, 6.45) is 1.05. The van der Waals surface area contributed by atoms with E-state index >= 15 is 0 Å². The summed E-state index contributed by atoms with van der Waals surface area (Å²) in [4.78, 5) is 0. The Morgan fingerprint density at radius 2 is 2.33 bits per heavy atom. The Bertz CT molecular complexity index is 61.0. The molecule has 0 aromatic heterocycles. The highest BCUT2D eigenvalue weighted by atomic mass is 32.1. The van der Waals surface area contributed by atoms with Crippen LogP contribution in [0, 0.1) is 0 Å². The van der Waals surface area contributed by atoms with E-state index in [2.05, 4.69) is 24.9 Å². The summed E-state index contributed by atoms with van der Waals surface area (Å²) in [6.45, 7) is 2.94. The zero-order valence-electron chi connectivity index (χ0n) is 6.05. The van der Waals surface area contributed by atoms with Crippen molar-refractivity contribution in [2.75, 3.05) is 19.6 Å². The molecule has 1 atom stereocenters. The molecule has 0 fully saturated rings. The third-order valence-corrected chi connectivity index (χ3v) is 1.38. The average Bonchev–Trinajstić information content (AvgIpc) is 1.85. The van der Waals surface area contributed by atoms with Gasteiger partial charge in [-0.05, 0) is 13.3 Å². The van der Waals surface area contributed by atoms with Crippen LogP contribution in [0.15, 0.2) is 0 Å². The zero-order chi connectivity index (χ0) is 7.11. The van der Waals surface area contributed by atoms with E-state index in [4.69, 9.17) is 4.74 Å². The normalized spacial score (nSPS) is 13.7. The summed E-state index contributed by atoms with van der Waals surface area (Å²) >= 11 is 4.03. The van der Waals surface area contributed by atoms with Gasteiger partial charge < -0.3 is 10.1 Å². The fourth-order valence-electron chi connectivity index (χ4n) is 0.553. The van der Waals surface area contributed by atoms with Crippen LogP contribution >= 0.6 is 12.6 Å². The van der Waals surface area contributed by atoms with E-state index < -0.39 is 0 Å². The van der Waals surface area contributed by atoms with E-state index in [0.717, 1.165) is 18.9 Å². The zero-order valence-corrected chi connectivity index (χ0v) is 6.95. The van der Waals surface area contributed by atoms with Gasteiger partial charge >= 0.3 is 0 Å². The molecule has 56 valence electrons. The van der Waals surface area contributed by atoms with Gasteiger partial charge in [0.1, 0.15) is 0 Å². The van der Waals surface area contributed by atoms with Crippen molar-refractivity contribution in [3.8, 4) is 0 Å². The van der Waals surface area contributed by atoms with Crippen molar-refractivity contribution in [2.24, 2.45) is 0 Å². The number of ether oxygens (including phenoxy) is 1. The van der Waals surface area contributed by atoms with E-state index in [9.17, 15) is 0 Å². The molecule has 2 nitrogen and oxygen atoms in total. The number of methoxy groups -OCH3 is 1. The highest BCUT2D eigenvalue weighted by molar-refractivity contribution is 7.80. The molecule has 9 heavy (non-hydrogen) atoms. The van der Waals surface area contributed by atoms with Crippen molar-refractivity contribution in [2.45, 2.75) is 19.4 Å². The Morgan fingerprint density at radius 1 is 1.67 bits per heavy atom. The van der Waals surface area contributed by atoms with Gasteiger partial charge in [-0.1, -0.05) is 0 Å². The van der Waals surface area contributed by atoms with Crippen molar-refractivity contribution in [3.63, 3.8) is 0 Å². The molecule has 0 bridgehead atoms. The topological polar surface area (TPSA) is 21.3 Å². The quantitative estimate of drug-likeness (QED) is 0.447. The van der Waals surface area contributed by atoms with Gasteiger partial charge in [0.15, 0.2) is 0 Å². The molecule has 0 aliphatic rings. The number of hydrogen-bond acceptors (Lipinski definition) is 3. The molecule has 0 saturated carbocycles. The number of hydrogen-bond donors (Lipinski definition) is 2. The largest absolute Gasteiger partial charge is 0.385 e. The first-order chi connectivity index (χ1) is 4.31. The molecular weight excluding hydrogens is 134 g/mol. The lowest BCUT2D eigenvalue weighted by atomic mass is 10.2. The van der Waals surface area contributed by atoms with E-state index in [1.165, 1.54) is 0 Å². The lowest BCUT2D eigenvalue weighted by Gasteiger charge is -2.09. The van der Waals surface area contributed by atoms with Crippen LogP contribution in [-0.2, 0) is 4.74 Å². The minimum absolute atomic E-state index is 0.516. The molecule has 0 spiro atoms. The SMILES string of the molecule is COCC[C@H](C)NCS. The second-order valence-corrected chi connectivity index (χ2v) is 2.36. The van der Waals surface area contributed by atoms with Crippen molar-refractivity contribution in [3.05, 3.63) is 0 Å². The summed E-state index contributed by atoms with van der Waals surface area (Å²) in [7, 11) is 1.72. The molecule has 3 heteroatoms. The van der Waals surface area contributed by atoms with Crippen LogP contribution < -0.4 is 5.32 Å². The molecule has 0 saturated heterocycles. The van der Waals surface area contributed by atoms with Gasteiger partial charge in [-0.3, -0.25) is 0 Å². The van der Waals surface area contributed by atoms with Crippen LogP contribution in [0.25, 0.3) is 0 Å². The molecular formula is C6H15NOS. The van der Waals surface area contributed by atoms with E-state index in [-0.39, 0.29) is 0 Å². The second-order valence-electron chi connectivity index (χ2n) is 2.04. The van der Waals surface area contributed by atoms with Crippen molar-refractivity contribution < 1.29 is 4.74 Å². The molecule has 1 N–H and O–H groups in total. The van der Waals surface area contributed by atoms with Crippen molar-refractivity contribution in [1.82, 2.24) is 5.32 Å². The monoisotopic (exact) mass is 149 g/mol. The molecule has 0 aromatic carbocycles. The van der Waals surface area contributed by atoms with Crippen LogP contribution in [0.3, 0.4) is 0 Å². The Balaban J connectivity index is 2.95. The second kappa shape index (κ2) is 6.39. The highest BCUT2D eigenvalue weighted by Crippen LogP contribution is 1.89. The molecule has 0 radical (unpaired) electrons. The molecule has 0 aliphatic carbocycles. The predicted molar refractivity (Wildman–Crippen MR) is 42.9 cm³/mol. The standard InChI is InChI=1S/C6H15NOS/c1-6(7-5-9)3-4-8-2/h6-7,9H,3-5H2,1-2H3/t6-/m0/s1. The summed E-state index contributed by atoms with van der Waals surface area (Å²) in [5.41, 5.74) is 0. The highest BCUT2D eigenvalue weighted by Gasteiger charge is 1.96. The third kappa shape index (κ3) is 6.15. The summed E-state index contributed by atoms with van der Waals surface area (Å²) in [5.74, 6) is 0.741. The number of thiol groups is 1. The minimum Gasteiger partial charge on any atom is -0.385 e. The summed E-state index contributed by atoms with van der Waals surface area (Å²) in [6, 6.07) is 0.516. The van der Waals surface area contributed by atoms with Crippen LogP contribution in [0.1, 0.15) is 13.3 Å². The maximum Gasteiger partial charge on any atom is 0.0476 e. The number of nitrogens with one attached hydrogen (secondary N) is 1. The van der Waals surface area contributed by atoms with E-state index in [0.29, 0.717) is 6.04 Å². The number of rotatable bonds is 5. The Morgan fingerprint density at radius 3 is 2.78 bits per heavy atom. The Hall–Kier alpha value is 0.270. The molecule has 0 aromatic rings. The van der Waals surface area contributed by atoms with Gasteiger partial charge in [0, 0.05) is 25.6 Å². The maximum absolute atomic E-state index is 4.89. The van der Waals surface area contributed by atoms with Crippen LogP contribution in [0.2, 0.25) is 0 Å². The summed E-state index contributed by atoms with van der Waals surface area (Å²) in [5, 5.41) is 3.16. The third-order valence-electron chi connectivity index (χ3n) is 1.19. The van der Waals surface area contributed by atoms with Gasteiger partial charge in [-0.25, -0.2) is 0 Å². The smallest absolute Gasteiger partial charge is 0.0476 e. The fraction of sp³-hybridized carbons (Fsp3) is 1.00. The lowest BCUT2D eigenvalue weighted by molar-refractivity contribution is 0.186.